The summed E-state index contributed by atoms with van der Waals surface area (Å²) in [4.78, 5) is 25.2. The van der Waals surface area contributed by atoms with Crippen LogP contribution in [0.2, 0.25) is 0 Å². The molecule has 21 heavy (non-hydrogen) atoms. The maximum Gasteiger partial charge on any atom is 0.226 e. The fraction of sp³-hybridized carbons (Fsp3) is 0.438. The van der Waals surface area contributed by atoms with Crippen molar-refractivity contribution in [1.29, 1.82) is 5.26 Å². The van der Waals surface area contributed by atoms with E-state index in [1.54, 1.807) is 29.2 Å². The summed E-state index contributed by atoms with van der Waals surface area (Å²) in [6, 6.07) is 8.68. The van der Waals surface area contributed by atoms with Gasteiger partial charge in [-0.05, 0) is 45.0 Å². The average molecular weight is 287 g/mol. The Morgan fingerprint density at radius 3 is 2.24 bits per heavy atom. The molecule has 0 unspecified atom stereocenters. The van der Waals surface area contributed by atoms with Crippen molar-refractivity contribution < 1.29 is 9.59 Å². The molecule has 0 saturated carbocycles. The van der Waals surface area contributed by atoms with Crippen LogP contribution in [0.4, 0.5) is 5.69 Å². The Hall–Kier alpha value is -2.35. The second-order valence-corrected chi connectivity index (χ2v) is 5.83. The third-order valence-corrected chi connectivity index (χ3v) is 3.05. The van der Waals surface area contributed by atoms with Gasteiger partial charge >= 0.3 is 0 Å². The Kier molecular flexibility index (Phi) is 5.48. The molecule has 0 aliphatic rings. The molecule has 1 N–H and O–H groups in total. The van der Waals surface area contributed by atoms with Gasteiger partial charge in [0.05, 0.1) is 11.6 Å². The molecule has 0 radical (unpaired) electrons. The first kappa shape index (κ1) is 16.7. The second-order valence-electron chi connectivity index (χ2n) is 5.83. The third kappa shape index (κ3) is 5.27. The van der Waals surface area contributed by atoms with Crippen LogP contribution in [0.15, 0.2) is 24.3 Å². The normalized spacial score (nSPS) is 10.6. The van der Waals surface area contributed by atoms with Crippen LogP contribution in [0.3, 0.4) is 0 Å². The van der Waals surface area contributed by atoms with Gasteiger partial charge < -0.3 is 10.2 Å². The molecule has 0 spiro atoms. The first-order chi connectivity index (χ1) is 9.74. The smallest absolute Gasteiger partial charge is 0.226 e. The number of rotatable bonds is 4. The van der Waals surface area contributed by atoms with Crippen molar-refractivity contribution in [3.05, 3.63) is 29.8 Å². The first-order valence-electron chi connectivity index (χ1n) is 6.82. The molecule has 2 amide bonds. The topological polar surface area (TPSA) is 73.2 Å². The van der Waals surface area contributed by atoms with E-state index in [4.69, 9.17) is 5.26 Å². The van der Waals surface area contributed by atoms with Crippen LogP contribution in [0.1, 0.15) is 39.7 Å². The Bertz CT molecular complexity index is 550. The van der Waals surface area contributed by atoms with Crippen molar-refractivity contribution in [2.45, 2.75) is 39.7 Å². The molecule has 1 aromatic carbocycles. The largest absolute Gasteiger partial charge is 0.338 e. The first-order valence-corrected chi connectivity index (χ1v) is 6.82. The minimum absolute atomic E-state index is 0.0475. The molecule has 112 valence electrons. The summed E-state index contributed by atoms with van der Waals surface area (Å²) in [5, 5.41) is 11.5. The van der Waals surface area contributed by atoms with Crippen LogP contribution < -0.4 is 5.32 Å². The maximum absolute atomic E-state index is 11.9. The number of nitriles is 1. The highest BCUT2D eigenvalue weighted by atomic mass is 16.2. The lowest BCUT2D eigenvalue weighted by molar-refractivity contribution is -0.134. The summed E-state index contributed by atoms with van der Waals surface area (Å²) < 4.78 is 0. The number of carbonyl (C=O) groups excluding carboxylic acids is 2. The minimum atomic E-state index is -0.305. The number of hydrogen-bond donors (Lipinski definition) is 1. The minimum Gasteiger partial charge on any atom is -0.338 e. The third-order valence-electron chi connectivity index (χ3n) is 3.05. The number of hydrogen-bond acceptors (Lipinski definition) is 3. The van der Waals surface area contributed by atoms with Crippen LogP contribution in [-0.4, -0.2) is 28.8 Å². The predicted molar refractivity (Wildman–Crippen MR) is 81.5 cm³/mol. The van der Waals surface area contributed by atoms with Gasteiger partial charge in [0.1, 0.15) is 0 Å². The lowest BCUT2D eigenvalue weighted by Crippen LogP contribution is -2.45. The molecule has 0 atom stereocenters. The number of anilines is 1. The number of nitrogens with one attached hydrogen (secondary N) is 1. The van der Waals surface area contributed by atoms with Crippen LogP contribution in [0.25, 0.3) is 0 Å². The molecule has 0 aliphatic heterocycles. The number of benzene rings is 1. The second kappa shape index (κ2) is 6.89. The highest BCUT2D eigenvalue weighted by Gasteiger charge is 2.23. The molecule has 0 heterocycles. The zero-order valence-electron chi connectivity index (χ0n) is 12.9. The molecular formula is C16H21N3O2. The predicted octanol–water partition coefficient (Wildman–Crippen LogP) is 2.53. The van der Waals surface area contributed by atoms with E-state index >= 15 is 0 Å². The Morgan fingerprint density at radius 1 is 1.24 bits per heavy atom. The molecule has 5 nitrogen and oxygen atoms in total. The zero-order valence-corrected chi connectivity index (χ0v) is 12.9. The van der Waals surface area contributed by atoms with Gasteiger partial charge in [-0.25, -0.2) is 0 Å². The van der Waals surface area contributed by atoms with Gasteiger partial charge in [0, 0.05) is 31.1 Å². The Balaban J connectivity index is 2.57. The van der Waals surface area contributed by atoms with E-state index in [0.717, 1.165) is 0 Å². The van der Waals surface area contributed by atoms with Crippen LogP contribution in [0, 0.1) is 11.3 Å². The molecular weight excluding hydrogens is 266 g/mol. The molecule has 0 saturated heterocycles. The van der Waals surface area contributed by atoms with Gasteiger partial charge in [-0.1, -0.05) is 0 Å². The fourth-order valence-electron chi connectivity index (χ4n) is 2.03. The van der Waals surface area contributed by atoms with Gasteiger partial charge in [-0.2, -0.15) is 5.26 Å². The summed E-state index contributed by atoms with van der Waals surface area (Å²) in [5.41, 5.74) is 0.883. The monoisotopic (exact) mass is 287 g/mol. The molecule has 1 rings (SSSR count). The summed E-state index contributed by atoms with van der Waals surface area (Å²) in [6.07, 6.45) is 0.233. The molecule has 0 fully saturated rings. The molecule has 0 bridgehead atoms. The van der Waals surface area contributed by atoms with Gasteiger partial charge in [0.15, 0.2) is 0 Å². The quantitative estimate of drug-likeness (QED) is 0.924. The van der Waals surface area contributed by atoms with Gasteiger partial charge in [0.2, 0.25) is 11.8 Å². The van der Waals surface area contributed by atoms with E-state index < -0.39 is 0 Å². The van der Waals surface area contributed by atoms with Crippen molar-refractivity contribution in [2.24, 2.45) is 0 Å². The standard InChI is InChI=1S/C16H21N3O2/c1-12(20)19(16(2,3)4)10-9-15(21)18-14-7-5-13(11-17)6-8-14/h5-8H,9-10H2,1-4H3,(H,18,21). The number of carbonyl (C=O) groups is 2. The summed E-state index contributed by atoms with van der Waals surface area (Å²) in [5.74, 6) is -0.205. The van der Waals surface area contributed by atoms with Crippen LogP contribution in [0.5, 0.6) is 0 Å². The number of amides is 2. The summed E-state index contributed by atoms with van der Waals surface area (Å²) in [7, 11) is 0. The van der Waals surface area contributed by atoms with Crippen molar-refractivity contribution in [2.75, 3.05) is 11.9 Å². The lowest BCUT2D eigenvalue weighted by Gasteiger charge is -2.34. The Morgan fingerprint density at radius 2 is 1.81 bits per heavy atom. The van der Waals surface area contributed by atoms with Crippen molar-refractivity contribution in [1.82, 2.24) is 4.90 Å². The van der Waals surface area contributed by atoms with Crippen molar-refractivity contribution >= 4 is 17.5 Å². The molecule has 0 aromatic heterocycles. The number of nitrogens with zero attached hydrogens (tertiary/aromatic N) is 2. The van der Waals surface area contributed by atoms with E-state index in [2.05, 4.69) is 5.32 Å². The Labute approximate surface area is 125 Å². The fourth-order valence-corrected chi connectivity index (χ4v) is 2.03. The lowest BCUT2D eigenvalue weighted by atomic mass is 10.1. The van der Waals surface area contributed by atoms with E-state index in [9.17, 15) is 9.59 Å². The molecule has 0 aliphatic carbocycles. The van der Waals surface area contributed by atoms with Crippen LogP contribution >= 0.6 is 0 Å². The van der Waals surface area contributed by atoms with Gasteiger partial charge in [-0.3, -0.25) is 9.59 Å². The SMILES string of the molecule is CC(=O)N(CCC(=O)Nc1ccc(C#N)cc1)C(C)(C)C. The van der Waals surface area contributed by atoms with Gasteiger partial charge in [-0.15, -0.1) is 0 Å². The van der Waals surface area contributed by atoms with E-state index in [-0.39, 0.29) is 23.8 Å². The molecule has 5 heteroatoms. The summed E-state index contributed by atoms with van der Waals surface area (Å²) in [6.45, 7) is 7.69. The van der Waals surface area contributed by atoms with Gasteiger partial charge in [0.25, 0.3) is 0 Å². The van der Waals surface area contributed by atoms with E-state index in [1.807, 2.05) is 26.8 Å². The van der Waals surface area contributed by atoms with Crippen molar-refractivity contribution in [3.63, 3.8) is 0 Å². The summed E-state index contributed by atoms with van der Waals surface area (Å²) >= 11 is 0. The van der Waals surface area contributed by atoms with Crippen molar-refractivity contribution in [3.8, 4) is 6.07 Å². The van der Waals surface area contributed by atoms with E-state index in [0.29, 0.717) is 17.8 Å². The highest BCUT2D eigenvalue weighted by molar-refractivity contribution is 5.91. The highest BCUT2D eigenvalue weighted by Crippen LogP contribution is 2.14. The average Bonchev–Trinajstić information content (AvgIpc) is 2.37. The van der Waals surface area contributed by atoms with E-state index in [1.165, 1.54) is 6.92 Å². The zero-order chi connectivity index (χ0) is 16.0. The van der Waals surface area contributed by atoms with Crippen LogP contribution in [-0.2, 0) is 9.59 Å². The maximum atomic E-state index is 11.9. The molecule has 1 aromatic rings.